The van der Waals surface area contributed by atoms with E-state index in [9.17, 15) is 20.2 Å². The Morgan fingerprint density at radius 2 is 1.88 bits per heavy atom. The minimum Gasteiger partial charge on any atom is -0.494 e. The van der Waals surface area contributed by atoms with Gasteiger partial charge in [-0.3, -0.25) is 31.1 Å². The molecule has 2 N–H and O–H groups in total. The zero-order valence-electron chi connectivity index (χ0n) is 14.1. The van der Waals surface area contributed by atoms with Gasteiger partial charge in [0.15, 0.2) is 0 Å². The van der Waals surface area contributed by atoms with Crippen molar-refractivity contribution in [2.24, 2.45) is 4.99 Å². The van der Waals surface area contributed by atoms with Gasteiger partial charge in [-0.1, -0.05) is 19.1 Å². The third kappa shape index (κ3) is 4.44. The normalized spacial score (nSPS) is 10.9. The van der Waals surface area contributed by atoms with Crippen molar-refractivity contribution in [3.63, 3.8) is 0 Å². The number of benzene rings is 2. The van der Waals surface area contributed by atoms with Crippen molar-refractivity contribution < 1.29 is 14.6 Å². The molecular weight excluding hydrogens is 342 g/mol. The van der Waals surface area contributed by atoms with Crippen LogP contribution in [0.25, 0.3) is 0 Å². The molecule has 0 heterocycles. The largest absolute Gasteiger partial charge is 0.494 e. The summed E-state index contributed by atoms with van der Waals surface area (Å²) < 4.78 is 5.23. The minimum atomic E-state index is -0.694. The molecule has 26 heavy (non-hydrogen) atoms. The fraction of sp³-hybridized carbons (Fsp3) is 0.188. The lowest BCUT2D eigenvalue weighted by Crippen LogP contribution is -2.29. The van der Waals surface area contributed by atoms with Gasteiger partial charge in [-0.05, 0) is 18.2 Å². The van der Waals surface area contributed by atoms with E-state index in [0.717, 1.165) is 6.07 Å². The molecule has 0 aromatic heterocycles. The number of hydrogen-bond donors (Lipinski definition) is 2. The molecule has 0 saturated carbocycles. The van der Waals surface area contributed by atoms with Crippen molar-refractivity contribution in [2.45, 2.75) is 13.3 Å². The summed E-state index contributed by atoms with van der Waals surface area (Å²) in [5, 5.41) is 21.9. The Kier molecular flexibility index (Phi) is 6.04. The van der Waals surface area contributed by atoms with E-state index in [1.165, 1.54) is 19.2 Å². The van der Waals surface area contributed by atoms with Gasteiger partial charge in [0.05, 0.1) is 23.0 Å². The van der Waals surface area contributed by atoms with Gasteiger partial charge in [0.25, 0.3) is 5.69 Å². The van der Waals surface area contributed by atoms with Crippen molar-refractivity contribution in [1.82, 2.24) is 5.43 Å². The third-order valence-corrected chi connectivity index (χ3v) is 3.41. The molecular formula is C16H17N5O5. The van der Waals surface area contributed by atoms with E-state index in [4.69, 9.17) is 4.74 Å². The average molecular weight is 359 g/mol. The highest BCUT2D eigenvalue weighted by atomic mass is 16.6. The number of nitrogens with one attached hydrogen (secondary N) is 2. The number of nitro groups is 2. The maximum atomic E-state index is 11.2. The lowest BCUT2D eigenvalue weighted by atomic mass is 10.2. The maximum absolute atomic E-state index is 11.2. The molecule has 0 saturated heterocycles. The molecule has 2 aromatic carbocycles. The summed E-state index contributed by atoms with van der Waals surface area (Å²) >= 11 is 0. The van der Waals surface area contributed by atoms with E-state index in [-0.39, 0.29) is 11.4 Å². The van der Waals surface area contributed by atoms with Gasteiger partial charge in [-0.15, -0.1) is 0 Å². The van der Waals surface area contributed by atoms with Crippen LogP contribution in [0.5, 0.6) is 5.75 Å². The Morgan fingerprint density at radius 3 is 2.50 bits per heavy atom. The van der Waals surface area contributed by atoms with Crippen molar-refractivity contribution in [3.05, 3.63) is 62.7 Å². The van der Waals surface area contributed by atoms with E-state index in [2.05, 4.69) is 15.8 Å². The van der Waals surface area contributed by atoms with Gasteiger partial charge < -0.3 is 4.74 Å². The number of anilines is 1. The molecule has 0 aliphatic carbocycles. The molecule has 0 radical (unpaired) electrons. The molecule has 2 rings (SSSR count). The first-order valence-corrected chi connectivity index (χ1v) is 7.61. The van der Waals surface area contributed by atoms with Crippen molar-refractivity contribution >= 4 is 28.6 Å². The predicted molar refractivity (Wildman–Crippen MR) is 96.9 cm³/mol. The van der Waals surface area contributed by atoms with Gasteiger partial charge in [-0.25, -0.2) is 4.99 Å². The monoisotopic (exact) mass is 359 g/mol. The molecule has 0 fully saturated rings. The van der Waals surface area contributed by atoms with E-state index in [1.807, 2.05) is 19.1 Å². The number of hydrazine groups is 1. The van der Waals surface area contributed by atoms with E-state index in [1.54, 1.807) is 12.1 Å². The van der Waals surface area contributed by atoms with Gasteiger partial charge in [0, 0.05) is 12.5 Å². The summed E-state index contributed by atoms with van der Waals surface area (Å²) in [5.41, 5.74) is 5.39. The molecule has 0 unspecified atom stereocenters. The second kappa shape index (κ2) is 8.42. The minimum absolute atomic E-state index is 0.0850. The van der Waals surface area contributed by atoms with Crippen LogP contribution >= 0.6 is 0 Å². The second-order valence-corrected chi connectivity index (χ2v) is 5.05. The van der Waals surface area contributed by atoms with E-state index >= 15 is 0 Å². The first-order valence-electron chi connectivity index (χ1n) is 7.61. The molecule has 0 spiro atoms. The summed E-state index contributed by atoms with van der Waals surface area (Å²) in [5.74, 6) is 1.09. The molecule has 0 atom stereocenters. The standard InChI is InChI=1S/C16H17N5O5/c1-3-16(17-13-6-4-5-7-15(13)26-2)19-18-12-9-8-11(20(22)23)10-14(12)21(24)25/h4-10,18H,3H2,1-2H3,(H,17,19). The molecule has 2 aromatic rings. The molecule has 136 valence electrons. The Bertz CT molecular complexity index is 853. The number of aliphatic imine (C=N–C) groups is 1. The number of ether oxygens (including phenoxy) is 1. The predicted octanol–water partition coefficient (Wildman–Crippen LogP) is 3.57. The molecule has 0 aliphatic heterocycles. The Labute approximate surface area is 148 Å². The van der Waals surface area contributed by atoms with Crippen molar-refractivity contribution in [1.29, 1.82) is 0 Å². The van der Waals surface area contributed by atoms with Gasteiger partial charge in [0.1, 0.15) is 23.0 Å². The average Bonchev–Trinajstić information content (AvgIpc) is 2.65. The van der Waals surface area contributed by atoms with Crippen LogP contribution in [0.15, 0.2) is 47.5 Å². The Morgan fingerprint density at radius 1 is 1.15 bits per heavy atom. The quantitative estimate of drug-likeness (QED) is 0.334. The Balaban J connectivity index is 2.24. The number of hydrogen-bond acceptors (Lipinski definition) is 7. The van der Waals surface area contributed by atoms with E-state index < -0.39 is 15.5 Å². The van der Waals surface area contributed by atoms with Crippen molar-refractivity contribution in [2.75, 3.05) is 12.5 Å². The van der Waals surface area contributed by atoms with Gasteiger partial charge in [-0.2, -0.15) is 0 Å². The number of nitrogens with zero attached hydrogens (tertiary/aromatic N) is 3. The van der Waals surface area contributed by atoms with Crippen LogP contribution in [0.2, 0.25) is 0 Å². The SMILES string of the molecule is CCC(=Nc1ccccc1OC)NNc1ccc([N+](=O)[O-])cc1[N+](=O)[O-]. The lowest BCUT2D eigenvalue weighted by molar-refractivity contribution is -0.393. The first-order chi connectivity index (χ1) is 12.5. The van der Waals surface area contributed by atoms with Crippen LogP contribution in [0, 0.1) is 20.2 Å². The van der Waals surface area contributed by atoms with Gasteiger partial charge >= 0.3 is 5.69 Å². The van der Waals surface area contributed by atoms with Crippen LogP contribution in [0.3, 0.4) is 0 Å². The van der Waals surface area contributed by atoms with Crippen LogP contribution in [0.1, 0.15) is 13.3 Å². The fourth-order valence-electron chi connectivity index (χ4n) is 2.09. The smallest absolute Gasteiger partial charge is 0.300 e. The summed E-state index contributed by atoms with van der Waals surface area (Å²) in [4.78, 5) is 25.0. The van der Waals surface area contributed by atoms with Gasteiger partial charge in [0.2, 0.25) is 0 Å². The highest BCUT2D eigenvalue weighted by molar-refractivity contribution is 5.86. The van der Waals surface area contributed by atoms with Crippen LogP contribution in [-0.4, -0.2) is 22.8 Å². The number of rotatable bonds is 7. The highest BCUT2D eigenvalue weighted by Crippen LogP contribution is 2.29. The number of para-hydroxylation sites is 2. The van der Waals surface area contributed by atoms with Crippen LogP contribution < -0.4 is 15.6 Å². The fourth-order valence-corrected chi connectivity index (χ4v) is 2.09. The highest BCUT2D eigenvalue weighted by Gasteiger charge is 2.19. The third-order valence-electron chi connectivity index (χ3n) is 3.41. The molecule has 0 bridgehead atoms. The molecule has 0 aliphatic rings. The zero-order valence-corrected chi connectivity index (χ0v) is 14.1. The summed E-state index contributed by atoms with van der Waals surface area (Å²) in [6, 6.07) is 10.5. The van der Waals surface area contributed by atoms with Crippen LogP contribution in [-0.2, 0) is 0 Å². The number of amidine groups is 1. The summed E-state index contributed by atoms with van der Waals surface area (Å²) in [6.07, 6.45) is 0.506. The first kappa shape index (κ1) is 18.6. The number of nitro benzene ring substituents is 2. The Hall–Kier alpha value is -3.69. The molecule has 10 heteroatoms. The maximum Gasteiger partial charge on any atom is 0.300 e. The topological polar surface area (TPSA) is 132 Å². The van der Waals surface area contributed by atoms with E-state index in [0.29, 0.717) is 23.7 Å². The second-order valence-electron chi connectivity index (χ2n) is 5.05. The number of methoxy groups -OCH3 is 1. The van der Waals surface area contributed by atoms with Crippen LogP contribution in [0.4, 0.5) is 22.7 Å². The number of non-ortho nitro benzene ring substituents is 1. The van der Waals surface area contributed by atoms with Crippen molar-refractivity contribution in [3.8, 4) is 5.75 Å². The zero-order chi connectivity index (χ0) is 19.1. The molecule has 0 amide bonds. The summed E-state index contributed by atoms with van der Waals surface area (Å²) in [6.45, 7) is 1.85. The lowest BCUT2D eigenvalue weighted by Gasteiger charge is -2.12. The summed E-state index contributed by atoms with van der Waals surface area (Å²) in [7, 11) is 1.53. The molecule has 10 nitrogen and oxygen atoms in total.